The van der Waals surface area contributed by atoms with Gasteiger partial charge in [0.1, 0.15) is 4.90 Å². The molecule has 1 aromatic rings. The third-order valence-electron chi connectivity index (χ3n) is 2.96. The molecule has 1 unspecified atom stereocenters. The summed E-state index contributed by atoms with van der Waals surface area (Å²) in [4.78, 5) is 2.16. The zero-order valence-electron chi connectivity index (χ0n) is 10.1. The second-order valence-electron chi connectivity index (χ2n) is 4.56. The van der Waals surface area contributed by atoms with Gasteiger partial charge >= 0.3 is 0 Å². The quantitative estimate of drug-likeness (QED) is 0.811. The minimum Gasteiger partial charge on any atom is -0.399 e. The lowest BCUT2D eigenvalue weighted by atomic mass is 10.3. The molecule has 3 N–H and O–H groups in total. The molecule has 0 aromatic heterocycles. The standard InChI is InChI=1S/C11H16ClN3O2S/c1-15-5-4-9(7-15)14-18(16,17)11-3-2-8(13)6-10(11)12/h2-3,6,9,14H,4-5,7,13H2,1H3. The van der Waals surface area contributed by atoms with Crippen LogP contribution in [0, 0.1) is 0 Å². The predicted octanol–water partition coefficient (Wildman–Crippen LogP) is 0.905. The highest BCUT2D eigenvalue weighted by Gasteiger charge is 2.26. The number of benzene rings is 1. The van der Waals surface area contributed by atoms with Crippen molar-refractivity contribution in [3.8, 4) is 0 Å². The lowest BCUT2D eigenvalue weighted by molar-refractivity contribution is 0.407. The first-order valence-corrected chi connectivity index (χ1v) is 7.50. The van der Waals surface area contributed by atoms with E-state index < -0.39 is 10.0 Å². The van der Waals surface area contributed by atoms with E-state index >= 15 is 0 Å². The van der Waals surface area contributed by atoms with Crippen molar-refractivity contribution < 1.29 is 8.42 Å². The van der Waals surface area contributed by atoms with Crippen molar-refractivity contribution in [2.75, 3.05) is 25.9 Å². The number of hydrogen-bond acceptors (Lipinski definition) is 4. The number of rotatable bonds is 3. The van der Waals surface area contributed by atoms with E-state index in [1.54, 1.807) is 0 Å². The highest BCUT2D eigenvalue weighted by atomic mass is 35.5. The zero-order chi connectivity index (χ0) is 13.3. The Morgan fingerprint density at radius 1 is 1.50 bits per heavy atom. The van der Waals surface area contributed by atoms with Gasteiger partial charge in [0.2, 0.25) is 10.0 Å². The Labute approximate surface area is 112 Å². The molecule has 0 aliphatic carbocycles. The van der Waals surface area contributed by atoms with E-state index in [0.29, 0.717) is 12.2 Å². The molecule has 1 fully saturated rings. The Morgan fingerprint density at radius 3 is 2.78 bits per heavy atom. The summed E-state index contributed by atoms with van der Waals surface area (Å²) in [5.41, 5.74) is 5.99. The van der Waals surface area contributed by atoms with Gasteiger partial charge in [-0.25, -0.2) is 13.1 Å². The van der Waals surface area contributed by atoms with Crippen molar-refractivity contribution in [2.45, 2.75) is 17.4 Å². The first-order valence-electron chi connectivity index (χ1n) is 5.64. The Bertz CT molecular complexity index is 547. The van der Waals surface area contributed by atoms with Crippen molar-refractivity contribution in [1.82, 2.24) is 9.62 Å². The van der Waals surface area contributed by atoms with Gasteiger partial charge in [-0.15, -0.1) is 0 Å². The number of likely N-dealkylation sites (N-methyl/N-ethyl adjacent to an activating group) is 1. The summed E-state index contributed by atoms with van der Waals surface area (Å²) < 4.78 is 27.0. The van der Waals surface area contributed by atoms with Gasteiger partial charge in [0.05, 0.1) is 5.02 Å². The Morgan fingerprint density at radius 2 is 2.22 bits per heavy atom. The zero-order valence-corrected chi connectivity index (χ0v) is 11.6. The lowest BCUT2D eigenvalue weighted by Gasteiger charge is -2.14. The number of anilines is 1. The van der Waals surface area contributed by atoms with Crippen LogP contribution in [0.3, 0.4) is 0 Å². The summed E-state index contributed by atoms with van der Waals surface area (Å²) >= 11 is 5.92. The van der Waals surface area contributed by atoms with Gasteiger partial charge < -0.3 is 10.6 Å². The van der Waals surface area contributed by atoms with Crippen LogP contribution in [-0.4, -0.2) is 39.5 Å². The van der Waals surface area contributed by atoms with Crippen molar-refractivity contribution in [1.29, 1.82) is 0 Å². The van der Waals surface area contributed by atoms with Crippen LogP contribution in [0.5, 0.6) is 0 Å². The number of halogens is 1. The van der Waals surface area contributed by atoms with E-state index in [1.165, 1.54) is 18.2 Å². The maximum atomic E-state index is 12.2. The summed E-state index contributed by atoms with van der Waals surface area (Å²) in [5, 5.41) is 0.147. The van der Waals surface area contributed by atoms with Gasteiger partial charge in [-0.1, -0.05) is 11.6 Å². The third-order valence-corrected chi connectivity index (χ3v) is 4.96. The van der Waals surface area contributed by atoms with E-state index in [9.17, 15) is 8.42 Å². The molecular formula is C11H16ClN3O2S. The van der Waals surface area contributed by atoms with Crippen LogP contribution >= 0.6 is 11.6 Å². The molecule has 1 saturated heterocycles. The van der Waals surface area contributed by atoms with E-state index in [2.05, 4.69) is 9.62 Å². The molecule has 5 nitrogen and oxygen atoms in total. The molecule has 1 aromatic carbocycles. The van der Waals surface area contributed by atoms with Gasteiger partial charge in [0, 0.05) is 18.3 Å². The normalized spacial score (nSPS) is 21.3. The van der Waals surface area contributed by atoms with Crippen LogP contribution < -0.4 is 10.5 Å². The molecule has 1 aliphatic rings. The van der Waals surface area contributed by atoms with E-state index in [4.69, 9.17) is 17.3 Å². The molecule has 0 bridgehead atoms. The number of nitrogen functional groups attached to an aromatic ring is 1. The topological polar surface area (TPSA) is 75.4 Å². The van der Waals surface area contributed by atoms with Crippen LogP contribution in [0.15, 0.2) is 23.1 Å². The first kappa shape index (κ1) is 13.6. The fraction of sp³-hybridized carbons (Fsp3) is 0.455. The molecule has 7 heteroatoms. The summed E-state index contributed by atoms with van der Waals surface area (Å²) in [6, 6.07) is 4.34. The van der Waals surface area contributed by atoms with Crippen LogP contribution in [-0.2, 0) is 10.0 Å². The van der Waals surface area contributed by atoms with Crippen molar-refractivity contribution in [2.24, 2.45) is 0 Å². The van der Waals surface area contributed by atoms with E-state index in [0.717, 1.165) is 13.0 Å². The largest absolute Gasteiger partial charge is 0.399 e. The minimum absolute atomic E-state index is 0.0615. The summed E-state index contributed by atoms with van der Waals surface area (Å²) in [7, 11) is -1.62. The second kappa shape index (κ2) is 5.05. The molecule has 1 aliphatic heterocycles. The van der Waals surface area contributed by atoms with Gasteiger partial charge in [-0.05, 0) is 38.2 Å². The van der Waals surface area contributed by atoms with Crippen molar-refractivity contribution in [3.63, 3.8) is 0 Å². The number of hydrogen-bond donors (Lipinski definition) is 2. The molecule has 18 heavy (non-hydrogen) atoms. The maximum Gasteiger partial charge on any atom is 0.242 e. The fourth-order valence-corrected chi connectivity index (χ4v) is 3.86. The van der Waals surface area contributed by atoms with Crippen LogP contribution in [0.4, 0.5) is 5.69 Å². The molecule has 100 valence electrons. The van der Waals surface area contributed by atoms with Gasteiger partial charge in [-0.3, -0.25) is 0 Å². The highest BCUT2D eigenvalue weighted by molar-refractivity contribution is 7.89. The monoisotopic (exact) mass is 289 g/mol. The molecule has 1 heterocycles. The summed E-state index contributed by atoms with van der Waals surface area (Å²) in [6.45, 7) is 1.61. The number of nitrogens with one attached hydrogen (secondary N) is 1. The number of likely N-dealkylation sites (tertiary alicyclic amines) is 1. The maximum absolute atomic E-state index is 12.2. The third kappa shape index (κ3) is 2.95. The van der Waals surface area contributed by atoms with Gasteiger partial charge in [0.15, 0.2) is 0 Å². The predicted molar refractivity (Wildman–Crippen MR) is 72.1 cm³/mol. The van der Waals surface area contributed by atoms with Gasteiger partial charge in [0.25, 0.3) is 0 Å². The fourth-order valence-electron chi connectivity index (χ4n) is 2.05. The molecule has 2 rings (SSSR count). The number of nitrogens with zero attached hydrogens (tertiary/aromatic N) is 1. The van der Waals surface area contributed by atoms with Crippen LogP contribution in [0.1, 0.15) is 6.42 Å². The van der Waals surface area contributed by atoms with Gasteiger partial charge in [-0.2, -0.15) is 0 Å². The first-order chi connectivity index (χ1) is 8.38. The molecule has 1 atom stereocenters. The Kier molecular flexibility index (Phi) is 3.82. The smallest absolute Gasteiger partial charge is 0.242 e. The average molecular weight is 290 g/mol. The SMILES string of the molecule is CN1CCC(NS(=O)(=O)c2ccc(N)cc2Cl)C1. The van der Waals surface area contributed by atoms with Crippen molar-refractivity contribution in [3.05, 3.63) is 23.2 Å². The number of nitrogens with two attached hydrogens (primary N) is 1. The molecule has 0 spiro atoms. The Hall–Kier alpha value is -0.820. The summed E-state index contributed by atoms with van der Waals surface area (Å²) in [6.07, 6.45) is 0.808. The van der Waals surface area contributed by atoms with E-state index in [-0.39, 0.29) is 16.0 Å². The lowest BCUT2D eigenvalue weighted by Crippen LogP contribution is -2.36. The highest BCUT2D eigenvalue weighted by Crippen LogP contribution is 2.24. The average Bonchev–Trinajstić information content (AvgIpc) is 2.62. The molecule has 0 amide bonds. The number of sulfonamides is 1. The van der Waals surface area contributed by atoms with Crippen LogP contribution in [0.25, 0.3) is 0 Å². The van der Waals surface area contributed by atoms with E-state index in [1.807, 2.05) is 7.05 Å². The van der Waals surface area contributed by atoms with Crippen LogP contribution in [0.2, 0.25) is 5.02 Å². The molecule has 0 radical (unpaired) electrons. The second-order valence-corrected chi connectivity index (χ2v) is 6.65. The minimum atomic E-state index is -3.58. The molecule has 0 saturated carbocycles. The Balaban J connectivity index is 2.20. The summed E-state index contributed by atoms with van der Waals surface area (Å²) in [5.74, 6) is 0. The molecular weight excluding hydrogens is 274 g/mol. The van der Waals surface area contributed by atoms with Crippen molar-refractivity contribution >= 4 is 27.3 Å².